The van der Waals surface area contributed by atoms with Gasteiger partial charge in [0.05, 0.1) is 30.0 Å². The topological polar surface area (TPSA) is 87.0 Å². The Labute approximate surface area is 113 Å². The average Bonchev–Trinajstić information content (AvgIpc) is 2.41. The van der Waals surface area contributed by atoms with E-state index < -0.39 is 23.3 Å². The van der Waals surface area contributed by atoms with Crippen LogP contribution in [0.25, 0.3) is 0 Å². The Bertz CT molecular complexity index is 553. The molecule has 0 fully saturated rings. The zero-order valence-electron chi connectivity index (χ0n) is 10.6. The van der Waals surface area contributed by atoms with Gasteiger partial charge in [-0.2, -0.15) is 13.2 Å². The third-order valence-electron chi connectivity index (χ3n) is 3.07. The van der Waals surface area contributed by atoms with Crippen LogP contribution in [0.5, 0.6) is 5.88 Å². The van der Waals surface area contributed by atoms with Crippen LogP contribution in [-0.2, 0) is 5.54 Å². The Balaban J connectivity index is 2.33. The van der Waals surface area contributed by atoms with Crippen LogP contribution >= 0.6 is 0 Å². The molecule has 0 radical (unpaired) electrons. The van der Waals surface area contributed by atoms with Crippen LogP contribution < -0.4 is 16.2 Å². The van der Waals surface area contributed by atoms with Crippen molar-refractivity contribution in [2.45, 2.75) is 17.8 Å². The third kappa shape index (κ3) is 2.52. The molecule has 8 heteroatoms. The summed E-state index contributed by atoms with van der Waals surface area (Å²) in [6.45, 7) is 0. The number of methoxy groups -OCH3 is 1. The summed E-state index contributed by atoms with van der Waals surface area (Å²) in [6.07, 6.45) is -1.49. The number of alkyl halides is 3. The molecule has 1 aliphatic carbocycles. The number of nitrogens with two attached hydrogens (primary N) is 2. The molecular formula is C12H13F3N4O. The van der Waals surface area contributed by atoms with Gasteiger partial charge in [0.2, 0.25) is 5.88 Å². The van der Waals surface area contributed by atoms with Gasteiger partial charge in [0.1, 0.15) is 0 Å². The molecule has 4 N–H and O–H groups in total. The first-order valence-electron chi connectivity index (χ1n) is 5.68. The van der Waals surface area contributed by atoms with E-state index in [1.54, 1.807) is 0 Å². The Kier molecular flexibility index (Phi) is 3.53. The second kappa shape index (κ2) is 4.88. The summed E-state index contributed by atoms with van der Waals surface area (Å²) in [6, 6.07) is 1.97. The minimum Gasteiger partial charge on any atom is -0.480 e. The van der Waals surface area contributed by atoms with E-state index in [1.807, 2.05) is 0 Å². The lowest BCUT2D eigenvalue weighted by molar-refractivity contribution is -0.0889. The molecule has 0 saturated heterocycles. The Hall–Kier alpha value is -1.93. The first-order chi connectivity index (χ1) is 9.27. The Morgan fingerprint density at radius 2 is 2.00 bits per heavy atom. The summed E-state index contributed by atoms with van der Waals surface area (Å²) in [5, 5.41) is 7.58. The fourth-order valence-electron chi connectivity index (χ4n) is 1.83. The highest BCUT2D eigenvalue weighted by Crippen LogP contribution is 2.34. The van der Waals surface area contributed by atoms with E-state index in [4.69, 9.17) is 16.2 Å². The predicted molar refractivity (Wildman–Crippen MR) is 65.7 cm³/mol. The van der Waals surface area contributed by atoms with Gasteiger partial charge in [0.25, 0.3) is 0 Å². The summed E-state index contributed by atoms with van der Waals surface area (Å²) in [4.78, 5) is 0. The molecule has 0 spiro atoms. The van der Waals surface area contributed by atoms with Crippen LogP contribution in [0, 0.1) is 0 Å². The number of halogens is 3. The van der Waals surface area contributed by atoms with Gasteiger partial charge in [0, 0.05) is 6.07 Å². The minimum atomic E-state index is -4.46. The van der Waals surface area contributed by atoms with Gasteiger partial charge in [-0.1, -0.05) is 18.2 Å². The number of hydrogen-bond acceptors (Lipinski definition) is 5. The molecule has 2 atom stereocenters. The van der Waals surface area contributed by atoms with Crippen molar-refractivity contribution in [3.63, 3.8) is 0 Å². The van der Waals surface area contributed by atoms with Crippen LogP contribution in [0.15, 0.2) is 35.9 Å². The van der Waals surface area contributed by atoms with E-state index in [9.17, 15) is 13.2 Å². The zero-order chi connectivity index (χ0) is 15.0. The lowest BCUT2D eigenvalue weighted by atomic mass is 9.82. The maximum atomic E-state index is 12.6. The van der Waals surface area contributed by atoms with E-state index in [1.165, 1.54) is 25.3 Å². The lowest BCUT2D eigenvalue weighted by Gasteiger charge is -2.33. The maximum absolute atomic E-state index is 12.6. The molecular weight excluding hydrogens is 273 g/mol. The molecule has 108 valence electrons. The van der Waals surface area contributed by atoms with Crippen molar-refractivity contribution in [1.82, 2.24) is 10.2 Å². The van der Waals surface area contributed by atoms with E-state index >= 15 is 0 Å². The van der Waals surface area contributed by atoms with Gasteiger partial charge in [-0.05, 0) is 6.07 Å². The second-order valence-electron chi connectivity index (χ2n) is 4.37. The van der Waals surface area contributed by atoms with Crippen molar-refractivity contribution in [3.05, 3.63) is 41.6 Å². The van der Waals surface area contributed by atoms with E-state index in [2.05, 4.69) is 10.2 Å². The molecule has 0 amide bonds. The van der Waals surface area contributed by atoms with Gasteiger partial charge in [-0.25, -0.2) is 0 Å². The average molecular weight is 286 g/mol. The minimum absolute atomic E-state index is 0.263. The second-order valence-corrected chi connectivity index (χ2v) is 4.37. The van der Waals surface area contributed by atoms with Crippen molar-refractivity contribution in [2.75, 3.05) is 7.11 Å². The number of hydrogen-bond donors (Lipinski definition) is 2. The van der Waals surface area contributed by atoms with Crippen molar-refractivity contribution in [1.29, 1.82) is 0 Å². The van der Waals surface area contributed by atoms with Gasteiger partial charge >= 0.3 is 6.18 Å². The van der Waals surface area contributed by atoms with Crippen LogP contribution in [0.2, 0.25) is 0 Å². The van der Waals surface area contributed by atoms with E-state index in [0.29, 0.717) is 0 Å². The molecule has 0 saturated carbocycles. The molecule has 0 bridgehead atoms. The number of rotatable bonds is 2. The molecule has 0 aromatic carbocycles. The van der Waals surface area contributed by atoms with Crippen LogP contribution in [0.3, 0.4) is 0 Å². The Morgan fingerprint density at radius 1 is 1.30 bits per heavy atom. The van der Waals surface area contributed by atoms with Crippen LogP contribution in [-0.4, -0.2) is 29.5 Å². The van der Waals surface area contributed by atoms with Gasteiger partial charge in [-0.15, -0.1) is 10.2 Å². The summed E-state index contributed by atoms with van der Waals surface area (Å²) in [7, 11) is 1.42. The molecule has 2 unspecified atom stereocenters. The monoisotopic (exact) mass is 286 g/mol. The maximum Gasteiger partial charge on any atom is 0.416 e. The predicted octanol–water partition coefficient (Wildman–Crippen LogP) is 1.03. The fourth-order valence-corrected chi connectivity index (χ4v) is 1.83. The van der Waals surface area contributed by atoms with Crippen LogP contribution in [0.1, 0.15) is 5.69 Å². The summed E-state index contributed by atoms with van der Waals surface area (Å²) < 4.78 is 42.7. The highest BCUT2D eigenvalue weighted by molar-refractivity contribution is 5.40. The highest BCUT2D eigenvalue weighted by atomic mass is 19.4. The SMILES string of the molecule is COc1ccc(C2(N)C=CC(C(F)(F)F)=CC2N)nn1. The largest absolute Gasteiger partial charge is 0.480 e. The van der Waals surface area contributed by atoms with Crippen molar-refractivity contribution in [2.24, 2.45) is 11.5 Å². The number of aromatic nitrogens is 2. The normalized spacial score (nSPS) is 26.3. The van der Waals surface area contributed by atoms with Crippen molar-refractivity contribution >= 4 is 0 Å². The molecule has 1 heterocycles. The first kappa shape index (κ1) is 14.5. The number of ether oxygens (including phenoxy) is 1. The summed E-state index contributed by atoms with van der Waals surface area (Å²) in [5.41, 5.74) is 9.90. The third-order valence-corrected chi connectivity index (χ3v) is 3.07. The Morgan fingerprint density at radius 3 is 2.45 bits per heavy atom. The van der Waals surface area contributed by atoms with Crippen molar-refractivity contribution < 1.29 is 17.9 Å². The molecule has 1 aromatic heterocycles. The summed E-state index contributed by atoms with van der Waals surface area (Å²) in [5.74, 6) is 0.275. The quantitative estimate of drug-likeness (QED) is 0.847. The molecule has 2 rings (SSSR count). The van der Waals surface area contributed by atoms with Crippen molar-refractivity contribution in [3.8, 4) is 5.88 Å². The zero-order valence-corrected chi connectivity index (χ0v) is 10.6. The van der Waals surface area contributed by atoms with E-state index in [-0.39, 0.29) is 11.6 Å². The smallest absolute Gasteiger partial charge is 0.416 e. The molecule has 1 aromatic rings. The molecule has 1 aliphatic rings. The lowest BCUT2D eigenvalue weighted by Crippen LogP contribution is -2.52. The molecule has 5 nitrogen and oxygen atoms in total. The fraction of sp³-hybridized carbons (Fsp3) is 0.333. The van der Waals surface area contributed by atoms with Gasteiger partial charge < -0.3 is 16.2 Å². The van der Waals surface area contributed by atoms with Gasteiger partial charge in [0.15, 0.2) is 0 Å². The van der Waals surface area contributed by atoms with Gasteiger partial charge in [-0.3, -0.25) is 0 Å². The standard InChI is InChI=1S/C12H13F3N4O/c1-20-10-3-2-9(18-19-10)11(17)5-4-7(6-8(11)16)12(13,14)15/h2-6,8H,16-17H2,1H3. The van der Waals surface area contributed by atoms with Crippen LogP contribution in [0.4, 0.5) is 13.2 Å². The number of nitrogens with zero attached hydrogens (tertiary/aromatic N) is 2. The molecule has 20 heavy (non-hydrogen) atoms. The molecule has 0 aliphatic heterocycles. The first-order valence-corrected chi connectivity index (χ1v) is 5.68. The highest BCUT2D eigenvalue weighted by Gasteiger charge is 2.41. The number of allylic oxidation sites excluding steroid dienone is 2. The van der Waals surface area contributed by atoms with E-state index in [0.717, 1.165) is 12.2 Å². The summed E-state index contributed by atoms with van der Waals surface area (Å²) >= 11 is 0.